The summed E-state index contributed by atoms with van der Waals surface area (Å²) in [6, 6.07) is 0. The third-order valence-electron chi connectivity index (χ3n) is 5.47. The van der Waals surface area contributed by atoms with Crippen LogP contribution in [-0.4, -0.2) is 72.9 Å². The van der Waals surface area contributed by atoms with Gasteiger partial charge in [-0.2, -0.15) is 0 Å². The van der Waals surface area contributed by atoms with E-state index in [0.29, 0.717) is 25.2 Å². The van der Waals surface area contributed by atoms with Gasteiger partial charge in [0.15, 0.2) is 0 Å². The molecule has 9 heteroatoms. The van der Waals surface area contributed by atoms with Gasteiger partial charge in [0.2, 0.25) is 5.91 Å². The summed E-state index contributed by atoms with van der Waals surface area (Å²) in [6.07, 6.45) is 5.85. The average Bonchev–Trinajstić information content (AvgIpc) is 3.26. The van der Waals surface area contributed by atoms with Crippen molar-refractivity contribution in [2.24, 2.45) is 4.99 Å². The monoisotopic (exact) mass is 352 g/mol. The molecular formula is C16H22F2N6O. The van der Waals surface area contributed by atoms with E-state index < -0.39 is 18.0 Å². The number of alkyl halides is 2. The Balaban J connectivity index is 1.65. The zero-order valence-electron chi connectivity index (χ0n) is 14.1. The first-order valence-corrected chi connectivity index (χ1v) is 8.51. The summed E-state index contributed by atoms with van der Waals surface area (Å²) in [6.45, 7) is 0.173. The Hall–Kier alpha value is -2.16. The molecule has 0 bridgehead atoms. The number of carbonyl (C=O) groups excluding carboxylic acids is 1. The van der Waals surface area contributed by atoms with Crippen LogP contribution < -0.4 is 16.0 Å². The Morgan fingerprint density at radius 2 is 2.32 bits per heavy atom. The van der Waals surface area contributed by atoms with E-state index in [2.05, 4.69) is 20.9 Å². The molecule has 0 aromatic heterocycles. The van der Waals surface area contributed by atoms with Crippen molar-refractivity contribution in [2.75, 3.05) is 33.2 Å². The molecule has 0 aromatic carbocycles. The van der Waals surface area contributed by atoms with Gasteiger partial charge in [-0.05, 0) is 32.2 Å². The van der Waals surface area contributed by atoms with Crippen LogP contribution in [0.15, 0.2) is 28.7 Å². The van der Waals surface area contributed by atoms with Gasteiger partial charge < -0.3 is 25.8 Å². The Kier molecular flexibility index (Phi) is 3.71. The molecule has 4 rings (SSSR count). The van der Waals surface area contributed by atoms with Crippen molar-refractivity contribution in [1.29, 1.82) is 0 Å². The Morgan fingerprint density at radius 3 is 3.12 bits per heavy atom. The molecule has 25 heavy (non-hydrogen) atoms. The highest BCUT2D eigenvalue weighted by atomic mass is 19.3. The maximum absolute atomic E-state index is 15.1. The minimum absolute atomic E-state index is 0.0748. The fourth-order valence-corrected chi connectivity index (χ4v) is 4.34. The molecule has 1 amide bonds. The van der Waals surface area contributed by atoms with Gasteiger partial charge in [-0.15, -0.1) is 0 Å². The summed E-state index contributed by atoms with van der Waals surface area (Å²) < 4.78 is 30.3. The quantitative estimate of drug-likeness (QED) is 0.656. The van der Waals surface area contributed by atoms with E-state index >= 15 is 8.78 Å². The van der Waals surface area contributed by atoms with Gasteiger partial charge in [-0.1, -0.05) is 0 Å². The Morgan fingerprint density at radius 1 is 1.48 bits per heavy atom. The highest BCUT2D eigenvalue weighted by Crippen LogP contribution is 2.48. The lowest BCUT2D eigenvalue weighted by Gasteiger charge is -2.38. The fraction of sp³-hybridized carbons (Fsp3) is 0.625. The summed E-state index contributed by atoms with van der Waals surface area (Å²) in [7, 11) is 1.65. The second kappa shape index (κ2) is 5.69. The Bertz CT molecular complexity index is 676. The zero-order chi connectivity index (χ0) is 17.7. The standard InChI is InChI=1S/C16H22F2N6O/c1-19-7-12(25)24-6-2-4-15(24)8-23(9-16(15,17)18)14-11-3-5-20-13(11)21-10-22-14/h3,5,10,13,19-20H,2,4,6-9H2,1H3,(H,21,22). The first-order valence-electron chi connectivity index (χ1n) is 8.51. The molecule has 136 valence electrons. The molecule has 0 aliphatic carbocycles. The van der Waals surface area contributed by atoms with Gasteiger partial charge in [-0.25, -0.2) is 13.8 Å². The first kappa shape index (κ1) is 16.3. The third kappa shape index (κ3) is 2.32. The lowest BCUT2D eigenvalue weighted by Crippen LogP contribution is -2.59. The second-order valence-corrected chi connectivity index (χ2v) is 6.90. The number of rotatable bonds is 3. The van der Waals surface area contributed by atoms with Crippen molar-refractivity contribution in [3.63, 3.8) is 0 Å². The van der Waals surface area contributed by atoms with Crippen LogP contribution >= 0.6 is 0 Å². The number of fused-ring (bicyclic) bond motifs is 1. The largest absolute Gasteiger partial charge is 0.366 e. The molecule has 4 heterocycles. The number of hydrogen-bond donors (Lipinski definition) is 3. The van der Waals surface area contributed by atoms with Gasteiger partial charge in [-0.3, -0.25) is 4.79 Å². The van der Waals surface area contributed by atoms with Crippen molar-refractivity contribution in [2.45, 2.75) is 30.5 Å². The Labute approximate surface area is 144 Å². The SMILES string of the molecule is CNCC(=O)N1CCCC12CN(C1=C3C=CNC3N=CN1)CC2(F)F. The highest BCUT2D eigenvalue weighted by molar-refractivity contribution is 5.80. The van der Waals surface area contributed by atoms with Gasteiger partial charge in [0.05, 0.1) is 19.4 Å². The number of carbonyl (C=O) groups is 1. The van der Waals surface area contributed by atoms with E-state index in [1.807, 2.05) is 6.08 Å². The zero-order valence-corrected chi connectivity index (χ0v) is 14.1. The van der Waals surface area contributed by atoms with Crippen LogP contribution in [0.25, 0.3) is 0 Å². The molecule has 1 spiro atoms. The lowest BCUT2D eigenvalue weighted by atomic mass is 9.91. The molecule has 2 saturated heterocycles. The molecule has 7 nitrogen and oxygen atoms in total. The molecule has 3 N–H and O–H groups in total. The number of nitrogens with one attached hydrogen (secondary N) is 3. The summed E-state index contributed by atoms with van der Waals surface area (Å²) in [5.74, 6) is -2.59. The van der Waals surface area contributed by atoms with Gasteiger partial charge in [0, 0.05) is 18.7 Å². The minimum atomic E-state index is -2.97. The van der Waals surface area contributed by atoms with E-state index in [0.717, 1.165) is 5.57 Å². The van der Waals surface area contributed by atoms with E-state index in [-0.39, 0.29) is 25.2 Å². The van der Waals surface area contributed by atoms with E-state index in [1.165, 1.54) is 11.2 Å². The number of hydrogen-bond acceptors (Lipinski definition) is 6. The average molecular weight is 352 g/mol. The van der Waals surface area contributed by atoms with E-state index in [4.69, 9.17) is 0 Å². The predicted octanol–water partition coefficient (Wildman–Crippen LogP) is -0.196. The van der Waals surface area contributed by atoms with Crippen LogP contribution in [0.3, 0.4) is 0 Å². The normalized spacial score (nSPS) is 32.4. The number of likely N-dealkylation sites (tertiary alicyclic amines) is 2. The van der Waals surface area contributed by atoms with Crippen LogP contribution in [0.2, 0.25) is 0 Å². The first-order chi connectivity index (χ1) is 12.0. The topological polar surface area (TPSA) is 72.0 Å². The van der Waals surface area contributed by atoms with Crippen molar-refractivity contribution < 1.29 is 13.6 Å². The van der Waals surface area contributed by atoms with Crippen molar-refractivity contribution in [3.05, 3.63) is 23.7 Å². The van der Waals surface area contributed by atoms with Crippen LogP contribution in [0, 0.1) is 0 Å². The molecule has 4 aliphatic rings. The maximum atomic E-state index is 15.1. The predicted molar refractivity (Wildman–Crippen MR) is 88.8 cm³/mol. The maximum Gasteiger partial charge on any atom is 0.289 e. The number of halogens is 2. The molecule has 4 aliphatic heterocycles. The minimum Gasteiger partial charge on any atom is -0.366 e. The van der Waals surface area contributed by atoms with E-state index in [9.17, 15) is 4.79 Å². The molecule has 0 saturated carbocycles. The van der Waals surface area contributed by atoms with Crippen molar-refractivity contribution >= 4 is 12.2 Å². The summed E-state index contributed by atoms with van der Waals surface area (Å²) in [5, 5.41) is 8.87. The number of aliphatic imine (C=N–C) groups is 1. The molecule has 0 radical (unpaired) electrons. The number of likely N-dealkylation sites (N-methyl/N-ethyl adjacent to an activating group) is 1. The van der Waals surface area contributed by atoms with Gasteiger partial charge >= 0.3 is 0 Å². The molecule has 2 atom stereocenters. The highest BCUT2D eigenvalue weighted by Gasteiger charge is 2.66. The van der Waals surface area contributed by atoms with Crippen molar-refractivity contribution in [1.82, 2.24) is 25.8 Å². The smallest absolute Gasteiger partial charge is 0.289 e. The molecule has 2 fully saturated rings. The number of amides is 1. The molecular weight excluding hydrogens is 330 g/mol. The third-order valence-corrected chi connectivity index (χ3v) is 5.47. The van der Waals surface area contributed by atoms with Crippen LogP contribution in [-0.2, 0) is 4.79 Å². The van der Waals surface area contributed by atoms with E-state index in [1.54, 1.807) is 18.1 Å². The second-order valence-electron chi connectivity index (χ2n) is 6.90. The summed E-state index contributed by atoms with van der Waals surface area (Å²) in [4.78, 5) is 19.7. The number of nitrogens with zero attached hydrogens (tertiary/aromatic N) is 3. The molecule has 2 unspecified atom stereocenters. The molecule has 0 aromatic rings. The van der Waals surface area contributed by atoms with Gasteiger partial charge in [0.25, 0.3) is 5.92 Å². The van der Waals surface area contributed by atoms with Crippen LogP contribution in [0.1, 0.15) is 12.8 Å². The van der Waals surface area contributed by atoms with Crippen LogP contribution in [0.5, 0.6) is 0 Å². The van der Waals surface area contributed by atoms with Gasteiger partial charge in [0.1, 0.15) is 17.5 Å². The summed E-state index contributed by atoms with van der Waals surface area (Å²) in [5.41, 5.74) is -0.586. The van der Waals surface area contributed by atoms with Crippen molar-refractivity contribution in [3.8, 4) is 0 Å². The lowest BCUT2D eigenvalue weighted by molar-refractivity contribution is -0.148. The fourth-order valence-electron chi connectivity index (χ4n) is 4.34. The van der Waals surface area contributed by atoms with Crippen LogP contribution in [0.4, 0.5) is 8.78 Å². The summed E-state index contributed by atoms with van der Waals surface area (Å²) >= 11 is 0.